The molecule has 0 spiro atoms. The van der Waals surface area contributed by atoms with Crippen LogP contribution in [-0.2, 0) is 4.79 Å². The number of alkyl halides is 2. The number of halogens is 3. The van der Waals surface area contributed by atoms with Crippen LogP contribution in [0.4, 0.5) is 13.2 Å². The van der Waals surface area contributed by atoms with E-state index in [1.807, 2.05) is 6.07 Å². The monoisotopic (exact) mass is 323 g/mol. The van der Waals surface area contributed by atoms with Crippen LogP contribution in [0.2, 0.25) is 0 Å². The number of nitrogens with zero attached hydrogens (tertiary/aromatic N) is 3. The summed E-state index contributed by atoms with van der Waals surface area (Å²) in [6.45, 7) is 2.39. The van der Waals surface area contributed by atoms with Crippen LogP contribution in [-0.4, -0.2) is 34.9 Å². The normalized spacial score (nSPS) is 28.1. The second kappa shape index (κ2) is 4.96. The van der Waals surface area contributed by atoms with Crippen LogP contribution in [0.3, 0.4) is 0 Å². The summed E-state index contributed by atoms with van der Waals surface area (Å²) < 4.78 is 41.5. The Hall–Kier alpha value is -2.07. The molecule has 0 unspecified atom stereocenters. The van der Waals surface area contributed by atoms with Crippen molar-refractivity contribution < 1.29 is 18.0 Å². The second-order valence-electron chi connectivity index (χ2n) is 6.45. The van der Waals surface area contributed by atoms with Gasteiger partial charge in [-0.15, -0.1) is 0 Å². The summed E-state index contributed by atoms with van der Waals surface area (Å²) in [5, 5.41) is 11.9. The Bertz CT molecular complexity index is 710. The van der Waals surface area contributed by atoms with Gasteiger partial charge in [-0.2, -0.15) is 5.26 Å². The molecule has 2 fully saturated rings. The standard InChI is InChI=1S/C16H16F3N3O/c1-15(16(2,18)19)9-21-4-3-13(22(21)14(15)23)11-5-10(8-20)6-12(17)7-11/h5-7,13H,3-4,9H2,1-2H3/t13-,15-/m0/s1. The fraction of sp³-hybridized carbons (Fsp3) is 0.500. The van der Waals surface area contributed by atoms with E-state index in [0.717, 1.165) is 13.0 Å². The molecule has 122 valence electrons. The molecular weight excluding hydrogens is 307 g/mol. The Morgan fingerprint density at radius 3 is 2.70 bits per heavy atom. The maximum atomic E-state index is 13.9. The quantitative estimate of drug-likeness (QED) is 0.841. The molecular formula is C16H16F3N3O. The number of carbonyl (C=O) groups excluding carboxylic acids is 1. The molecule has 0 N–H and O–H groups in total. The predicted octanol–water partition coefficient (Wildman–Crippen LogP) is 2.86. The van der Waals surface area contributed by atoms with Gasteiger partial charge in [0.1, 0.15) is 11.2 Å². The number of amides is 1. The van der Waals surface area contributed by atoms with Crippen LogP contribution < -0.4 is 0 Å². The van der Waals surface area contributed by atoms with Crippen molar-refractivity contribution >= 4 is 5.91 Å². The summed E-state index contributed by atoms with van der Waals surface area (Å²) in [6, 6.07) is 5.21. The van der Waals surface area contributed by atoms with Crippen molar-refractivity contribution in [3.8, 4) is 6.07 Å². The highest BCUT2D eigenvalue weighted by Crippen LogP contribution is 2.48. The molecule has 0 aliphatic carbocycles. The molecule has 0 saturated carbocycles. The van der Waals surface area contributed by atoms with E-state index >= 15 is 0 Å². The van der Waals surface area contributed by atoms with Crippen molar-refractivity contribution in [2.45, 2.75) is 32.2 Å². The number of benzene rings is 1. The van der Waals surface area contributed by atoms with E-state index in [0.29, 0.717) is 18.5 Å². The fourth-order valence-electron chi connectivity index (χ4n) is 3.31. The zero-order valence-electron chi connectivity index (χ0n) is 12.8. The minimum absolute atomic E-state index is 0.0632. The topological polar surface area (TPSA) is 47.3 Å². The lowest BCUT2D eigenvalue weighted by Gasteiger charge is -2.30. The maximum absolute atomic E-state index is 13.9. The minimum atomic E-state index is -3.15. The zero-order chi connectivity index (χ0) is 17.0. The first-order valence-corrected chi connectivity index (χ1v) is 7.34. The molecule has 1 amide bonds. The van der Waals surface area contributed by atoms with Gasteiger partial charge in [0.15, 0.2) is 0 Å². The summed E-state index contributed by atoms with van der Waals surface area (Å²) in [7, 11) is 0. The average Bonchev–Trinajstić information content (AvgIpc) is 2.97. The van der Waals surface area contributed by atoms with Crippen LogP contribution in [0.5, 0.6) is 0 Å². The lowest BCUT2D eigenvalue weighted by Crippen LogP contribution is -2.45. The van der Waals surface area contributed by atoms with Gasteiger partial charge in [-0.1, -0.05) is 0 Å². The molecule has 0 aromatic heterocycles. The van der Waals surface area contributed by atoms with E-state index in [1.54, 1.807) is 5.01 Å². The van der Waals surface area contributed by atoms with Crippen LogP contribution in [0.1, 0.15) is 37.4 Å². The molecule has 4 nitrogen and oxygen atoms in total. The van der Waals surface area contributed by atoms with Gasteiger partial charge in [-0.05, 0) is 37.1 Å². The first kappa shape index (κ1) is 15.8. The van der Waals surface area contributed by atoms with Crippen LogP contribution in [0.25, 0.3) is 0 Å². The third kappa shape index (κ3) is 2.29. The summed E-state index contributed by atoms with van der Waals surface area (Å²) in [5.74, 6) is -4.39. The van der Waals surface area contributed by atoms with Gasteiger partial charge in [-0.25, -0.2) is 18.2 Å². The fourth-order valence-corrected chi connectivity index (χ4v) is 3.31. The van der Waals surface area contributed by atoms with E-state index < -0.39 is 29.1 Å². The van der Waals surface area contributed by atoms with Gasteiger partial charge in [-0.3, -0.25) is 9.80 Å². The van der Waals surface area contributed by atoms with E-state index in [1.165, 1.54) is 24.1 Å². The van der Waals surface area contributed by atoms with Crippen molar-refractivity contribution in [2.75, 3.05) is 13.1 Å². The highest BCUT2D eigenvalue weighted by molar-refractivity contribution is 5.86. The predicted molar refractivity (Wildman–Crippen MR) is 75.6 cm³/mol. The van der Waals surface area contributed by atoms with Crippen LogP contribution in [0, 0.1) is 22.6 Å². The molecule has 2 aliphatic heterocycles. The molecule has 7 heteroatoms. The van der Waals surface area contributed by atoms with Crippen molar-refractivity contribution in [3.05, 3.63) is 35.1 Å². The van der Waals surface area contributed by atoms with Gasteiger partial charge in [0.25, 0.3) is 11.8 Å². The van der Waals surface area contributed by atoms with Gasteiger partial charge in [0.05, 0.1) is 17.7 Å². The van der Waals surface area contributed by atoms with Gasteiger partial charge in [0, 0.05) is 20.0 Å². The third-order valence-corrected chi connectivity index (χ3v) is 4.84. The van der Waals surface area contributed by atoms with Crippen molar-refractivity contribution in [1.82, 2.24) is 10.0 Å². The molecule has 2 atom stereocenters. The molecule has 2 saturated heterocycles. The van der Waals surface area contributed by atoms with Crippen molar-refractivity contribution in [1.29, 1.82) is 5.26 Å². The summed E-state index contributed by atoms with van der Waals surface area (Å²) >= 11 is 0. The highest BCUT2D eigenvalue weighted by Gasteiger charge is 2.62. The number of nitriles is 1. The highest BCUT2D eigenvalue weighted by atomic mass is 19.3. The van der Waals surface area contributed by atoms with Crippen LogP contribution in [0.15, 0.2) is 18.2 Å². The summed E-state index contributed by atoms with van der Waals surface area (Å²) in [4.78, 5) is 12.6. The lowest BCUT2D eigenvalue weighted by molar-refractivity contribution is -0.156. The van der Waals surface area contributed by atoms with Crippen molar-refractivity contribution in [2.24, 2.45) is 5.41 Å². The minimum Gasteiger partial charge on any atom is -0.272 e. The Morgan fingerprint density at radius 1 is 1.39 bits per heavy atom. The lowest BCUT2D eigenvalue weighted by atomic mass is 9.83. The average molecular weight is 323 g/mol. The second-order valence-corrected chi connectivity index (χ2v) is 6.45. The molecule has 1 aromatic rings. The van der Waals surface area contributed by atoms with Crippen molar-refractivity contribution in [3.63, 3.8) is 0 Å². The Labute approximate surface area is 132 Å². The van der Waals surface area contributed by atoms with E-state index in [9.17, 15) is 18.0 Å². The maximum Gasteiger partial charge on any atom is 0.260 e. The SMILES string of the molecule is CC(F)(F)[C@@]1(C)CN2CC[C@@H](c3cc(F)cc(C#N)c3)N2C1=O. The first-order chi connectivity index (χ1) is 10.7. The number of rotatable bonds is 2. The third-order valence-electron chi connectivity index (χ3n) is 4.84. The molecule has 3 rings (SSSR count). The largest absolute Gasteiger partial charge is 0.272 e. The van der Waals surface area contributed by atoms with Gasteiger partial charge in [0.2, 0.25) is 0 Å². The Kier molecular flexibility index (Phi) is 3.41. The number of hydrazine groups is 1. The molecule has 0 bridgehead atoms. The first-order valence-electron chi connectivity index (χ1n) is 7.34. The summed E-state index contributed by atoms with van der Waals surface area (Å²) in [6.07, 6.45) is 0.519. The number of fused-ring (bicyclic) bond motifs is 1. The Morgan fingerprint density at radius 2 is 2.09 bits per heavy atom. The number of hydrogen-bond acceptors (Lipinski definition) is 3. The zero-order valence-corrected chi connectivity index (χ0v) is 12.8. The Balaban J connectivity index is 1.98. The molecule has 0 radical (unpaired) electrons. The molecule has 2 heterocycles. The van der Waals surface area contributed by atoms with E-state index in [-0.39, 0.29) is 12.1 Å². The summed E-state index contributed by atoms with van der Waals surface area (Å²) in [5.41, 5.74) is -1.19. The van der Waals surface area contributed by atoms with E-state index in [2.05, 4.69) is 0 Å². The van der Waals surface area contributed by atoms with E-state index in [4.69, 9.17) is 5.26 Å². The van der Waals surface area contributed by atoms with Gasteiger partial charge < -0.3 is 0 Å². The molecule has 23 heavy (non-hydrogen) atoms. The van der Waals surface area contributed by atoms with Crippen LogP contribution >= 0.6 is 0 Å². The number of hydrogen-bond donors (Lipinski definition) is 0. The molecule has 1 aromatic carbocycles. The number of carbonyl (C=O) groups is 1. The smallest absolute Gasteiger partial charge is 0.260 e. The van der Waals surface area contributed by atoms with Gasteiger partial charge >= 0.3 is 0 Å². The molecule has 2 aliphatic rings.